The lowest BCUT2D eigenvalue weighted by molar-refractivity contribution is -0.147. The lowest BCUT2D eigenvalue weighted by atomic mass is 9.63. The van der Waals surface area contributed by atoms with Gasteiger partial charge in [-0.15, -0.1) is 0 Å². The molecule has 1 N–H and O–H groups in total. The van der Waals surface area contributed by atoms with E-state index in [0.29, 0.717) is 37.6 Å². The number of fused-ring (bicyclic) bond motifs is 1. The second-order valence-corrected chi connectivity index (χ2v) is 5.94. The molecule has 1 aromatic carbocycles. The largest absolute Gasteiger partial charge is 0.486 e. The van der Waals surface area contributed by atoms with Crippen LogP contribution in [0.1, 0.15) is 30.4 Å². The molecule has 1 aliphatic heterocycles. The van der Waals surface area contributed by atoms with Crippen LogP contribution in [0.25, 0.3) is 0 Å². The van der Waals surface area contributed by atoms with Crippen molar-refractivity contribution in [2.75, 3.05) is 13.2 Å². The summed E-state index contributed by atoms with van der Waals surface area (Å²) in [5.74, 6) is 0.581. The van der Waals surface area contributed by atoms with Gasteiger partial charge >= 0.3 is 5.97 Å². The third kappa shape index (κ3) is 1.75. The minimum atomic E-state index is -0.765. The van der Waals surface area contributed by atoms with Crippen molar-refractivity contribution < 1.29 is 19.4 Å². The highest BCUT2D eigenvalue weighted by molar-refractivity contribution is 9.10. The smallest absolute Gasteiger partial charge is 0.314 e. The number of rotatable bonds is 2. The molecule has 0 bridgehead atoms. The molecule has 4 nitrogen and oxygen atoms in total. The molecule has 1 fully saturated rings. The molecule has 1 saturated carbocycles. The first kappa shape index (κ1) is 12.8. The number of benzene rings is 1. The number of carbonyl (C=O) groups is 1. The van der Waals surface area contributed by atoms with Gasteiger partial charge < -0.3 is 14.6 Å². The monoisotopic (exact) mass is 326 g/mol. The van der Waals surface area contributed by atoms with Crippen LogP contribution in [0.3, 0.4) is 0 Å². The molecule has 0 saturated heterocycles. The van der Waals surface area contributed by atoms with Crippen LogP contribution >= 0.6 is 15.9 Å². The molecule has 1 heterocycles. The van der Waals surface area contributed by atoms with Crippen molar-refractivity contribution in [3.05, 3.63) is 21.7 Å². The summed E-state index contributed by atoms with van der Waals surface area (Å²) in [6, 6.07) is 1.89. The van der Waals surface area contributed by atoms with Crippen LogP contribution < -0.4 is 9.47 Å². The van der Waals surface area contributed by atoms with Crippen LogP contribution in [-0.2, 0) is 10.2 Å². The Morgan fingerprint density at radius 3 is 2.63 bits per heavy atom. The number of halogens is 1. The fourth-order valence-electron chi connectivity index (χ4n) is 2.95. The molecular formula is C14H15BrO4. The third-order valence-corrected chi connectivity index (χ3v) is 4.82. The van der Waals surface area contributed by atoms with E-state index in [1.807, 2.05) is 13.0 Å². The zero-order chi connectivity index (χ0) is 13.6. The molecule has 2 aliphatic rings. The fourth-order valence-corrected chi connectivity index (χ4v) is 3.96. The lowest BCUT2D eigenvalue weighted by Gasteiger charge is -2.40. The Morgan fingerprint density at radius 2 is 2.05 bits per heavy atom. The molecular weight excluding hydrogens is 312 g/mol. The molecule has 3 rings (SSSR count). The standard InChI is InChI=1S/C14H15BrO4/c1-8-7-9-12(19-6-5-18-9)11(15)10(8)14(13(16)17)3-2-4-14/h7H,2-6H2,1H3,(H,16,17). The number of aliphatic carboxylic acids is 1. The molecule has 1 aliphatic carbocycles. The Morgan fingerprint density at radius 1 is 1.37 bits per heavy atom. The van der Waals surface area contributed by atoms with E-state index in [-0.39, 0.29) is 0 Å². The highest BCUT2D eigenvalue weighted by atomic mass is 79.9. The first-order valence-corrected chi connectivity index (χ1v) is 7.18. The summed E-state index contributed by atoms with van der Waals surface area (Å²) in [4.78, 5) is 11.7. The van der Waals surface area contributed by atoms with Crippen LogP contribution in [0, 0.1) is 6.92 Å². The van der Waals surface area contributed by atoms with Gasteiger partial charge in [-0.25, -0.2) is 0 Å². The summed E-state index contributed by atoms with van der Waals surface area (Å²) in [6.45, 7) is 2.96. The molecule has 0 spiro atoms. The average Bonchev–Trinajstić information content (AvgIpc) is 2.31. The molecule has 102 valence electrons. The molecule has 0 aromatic heterocycles. The number of ether oxygens (including phenoxy) is 2. The van der Waals surface area contributed by atoms with Gasteiger partial charge in [0, 0.05) is 0 Å². The Hall–Kier alpha value is -1.23. The number of aryl methyl sites for hydroxylation is 1. The normalized spacial score (nSPS) is 19.7. The van der Waals surface area contributed by atoms with E-state index < -0.39 is 11.4 Å². The van der Waals surface area contributed by atoms with Gasteiger partial charge in [-0.2, -0.15) is 0 Å². The fraction of sp³-hybridized carbons (Fsp3) is 0.500. The molecule has 5 heteroatoms. The maximum absolute atomic E-state index is 11.7. The summed E-state index contributed by atoms with van der Waals surface area (Å²) in [6.07, 6.45) is 2.31. The third-order valence-electron chi connectivity index (χ3n) is 4.07. The highest BCUT2D eigenvalue weighted by Crippen LogP contribution is 2.52. The predicted octanol–water partition coefficient (Wildman–Crippen LogP) is 3.04. The van der Waals surface area contributed by atoms with Crippen molar-refractivity contribution in [1.29, 1.82) is 0 Å². The summed E-state index contributed by atoms with van der Waals surface area (Å²) in [7, 11) is 0. The van der Waals surface area contributed by atoms with Crippen LogP contribution in [-0.4, -0.2) is 24.3 Å². The van der Waals surface area contributed by atoms with Crippen molar-refractivity contribution in [3.8, 4) is 11.5 Å². The Kier molecular flexibility index (Phi) is 2.96. The van der Waals surface area contributed by atoms with Gasteiger partial charge in [-0.3, -0.25) is 4.79 Å². The maximum Gasteiger partial charge on any atom is 0.314 e. The number of carboxylic acids is 1. The molecule has 0 atom stereocenters. The van der Waals surface area contributed by atoms with Gasteiger partial charge in [-0.05, 0) is 52.9 Å². The molecule has 1 aromatic rings. The number of hydrogen-bond acceptors (Lipinski definition) is 3. The van der Waals surface area contributed by atoms with Gasteiger partial charge in [0.1, 0.15) is 13.2 Å². The van der Waals surface area contributed by atoms with Crippen molar-refractivity contribution in [3.63, 3.8) is 0 Å². The van der Waals surface area contributed by atoms with Gasteiger partial charge in [0.25, 0.3) is 0 Å². The van der Waals surface area contributed by atoms with Gasteiger partial charge in [0.05, 0.1) is 9.89 Å². The van der Waals surface area contributed by atoms with E-state index in [1.54, 1.807) is 0 Å². The van der Waals surface area contributed by atoms with Gasteiger partial charge in [-0.1, -0.05) is 6.42 Å². The highest BCUT2D eigenvalue weighted by Gasteiger charge is 2.48. The van der Waals surface area contributed by atoms with E-state index in [1.165, 1.54) is 0 Å². The molecule has 0 radical (unpaired) electrons. The Bertz CT molecular complexity index is 549. The van der Waals surface area contributed by atoms with Crippen LogP contribution in [0.4, 0.5) is 0 Å². The van der Waals surface area contributed by atoms with Crippen molar-refractivity contribution in [1.82, 2.24) is 0 Å². The maximum atomic E-state index is 11.7. The zero-order valence-electron chi connectivity index (χ0n) is 10.7. The number of hydrogen-bond donors (Lipinski definition) is 1. The summed E-state index contributed by atoms with van der Waals surface area (Å²) in [5.41, 5.74) is 1.02. The molecule has 0 unspecified atom stereocenters. The first-order valence-electron chi connectivity index (χ1n) is 6.39. The van der Waals surface area contributed by atoms with Crippen LogP contribution in [0.2, 0.25) is 0 Å². The first-order chi connectivity index (χ1) is 9.06. The summed E-state index contributed by atoms with van der Waals surface area (Å²) in [5, 5.41) is 9.60. The topological polar surface area (TPSA) is 55.8 Å². The molecule has 0 amide bonds. The Labute approximate surface area is 119 Å². The predicted molar refractivity (Wildman–Crippen MR) is 73.0 cm³/mol. The van der Waals surface area contributed by atoms with Crippen molar-refractivity contribution in [2.24, 2.45) is 0 Å². The minimum Gasteiger partial charge on any atom is -0.486 e. The Balaban J connectivity index is 2.19. The van der Waals surface area contributed by atoms with Crippen molar-refractivity contribution >= 4 is 21.9 Å². The van der Waals surface area contributed by atoms with Gasteiger partial charge in [0.15, 0.2) is 11.5 Å². The minimum absolute atomic E-state index is 0.494. The molecule has 19 heavy (non-hydrogen) atoms. The quantitative estimate of drug-likeness (QED) is 0.907. The number of carboxylic acid groups (broad SMARTS) is 1. The second-order valence-electron chi connectivity index (χ2n) is 5.15. The van der Waals surface area contributed by atoms with Crippen LogP contribution in [0.5, 0.6) is 11.5 Å². The van der Waals surface area contributed by atoms with E-state index in [9.17, 15) is 9.90 Å². The van der Waals surface area contributed by atoms with E-state index in [4.69, 9.17) is 9.47 Å². The summed E-state index contributed by atoms with van der Waals surface area (Å²) < 4.78 is 11.9. The van der Waals surface area contributed by atoms with Crippen molar-refractivity contribution in [2.45, 2.75) is 31.6 Å². The van der Waals surface area contributed by atoms with E-state index >= 15 is 0 Å². The second kappa shape index (κ2) is 4.40. The zero-order valence-corrected chi connectivity index (χ0v) is 12.2. The van der Waals surface area contributed by atoms with Gasteiger partial charge in [0.2, 0.25) is 0 Å². The van der Waals surface area contributed by atoms with E-state index in [2.05, 4.69) is 15.9 Å². The van der Waals surface area contributed by atoms with Crippen LogP contribution in [0.15, 0.2) is 10.5 Å². The van der Waals surface area contributed by atoms with E-state index in [0.717, 1.165) is 22.0 Å². The average molecular weight is 327 g/mol. The lowest BCUT2D eigenvalue weighted by Crippen LogP contribution is -2.43. The summed E-state index contributed by atoms with van der Waals surface area (Å²) >= 11 is 3.53. The SMILES string of the molecule is Cc1cc2c(c(Br)c1C1(C(=O)O)CCC1)OCCO2.